The van der Waals surface area contributed by atoms with Gasteiger partial charge in [0.15, 0.2) is 0 Å². The molecule has 25 heavy (non-hydrogen) atoms. The number of rotatable bonds is 8. The zero-order valence-electron chi connectivity index (χ0n) is 14.7. The molecule has 140 valence electrons. The van der Waals surface area contributed by atoms with Crippen LogP contribution in [0.4, 0.5) is 13.2 Å². The summed E-state index contributed by atoms with van der Waals surface area (Å²) < 4.78 is 45.9. The molecule has 1 heterocycles. The van der Waals surface area contributed by atoms with Crippen molar-refractivity contribution in [1.29, 1.82) is 0 Å². The van der Waals surface area contributed by atoms with E-state index in [0.717, 1.165) is 51.5 Å². The molecule has 0 unspecified atom stereocenters. The summed E-state index contributed by atoms with van der Waals surface area (Å²) in [6.07, 6.45) is 0.894. The van der Waals surface area contributed by atoms with E-state index in [1.165, 1.54) is 7.11 Å². The maximum Gasteiger partial charge on any atom is 0.416 e. The van der Waals surface area contributed by atoms with Gasteiger partial charge in [-0.25, -0.2) is 0 Å². The van der Waals surface area contributed by atoms with Gasteiger partial charge >= 0.3 is 6.18 Å². The highest BCUT2D eigenvalue weighted by molar-refractivity contribution is 5.39. The van der Waals surface area contributed by atoms with Crippen LogP contribution in [0.15, 0.2) is 30.9 Å². The summed E-state index contributed by atoms with van der Waals surface area (Å²) in [5.74, 6) is 0.238. The number of piperazine rings is 1. The molecular weight excluding hydrogens is 329 g/mol. The van der Waals surface area contributed by atoms with Crippen molar-refractivity contribution in [2.24, 2.45) is 0 Å². The second-order valence-corrected chi connectivity index (χ2v) is 6.33. The van der Waals surface area contributed by atoms with Gasteiger partial charge in [-0.3, -0.25) is 4.90 Å². The van der Waals surface area contributed by atoms with Gasteiger partial charge in [-0.15, -0.1) is 6.58 Å². The Balaban J connectivity index is 2.32. The maximum atomic E-state index is 13.6. The Morgan fingerprint density at radius 3 is 2.60 bits per heavy atom. The molecule has 1 aliphatic heterocycles. The summed E-state index contributed by atoms with van der Waals surface area (Å²) in [6, 6.07) is 4.11. The number of methoxy groups -OCH3 is 1. The van der Waals surface area contributed by atoms with Crippen LogP contribution in [0.1, 0.15) is 42.9 Å². The highest BCUT2D eigenvalue weighted by atomic mass is 19.4. The minimum atomic E-state index is -4.39. The Morgan fingerprint density at radius 2 is 2.00 bits per heavy atom. The normalized spacial score (nSPS) is 17.3. The van der Waals surface area contributed by atoms with Crippen LogP contribution in [-0.2, 0) is 6.18 Å². The summed E-state index contributed by atoms with van der Waals surface area (Å²) >= 11 is 0. The molecule has 1 N–H and O–H groups in total. The van der Waals surface area contributed by atoms with Crippen molar-refractivity contribution in [2.45, 2.75) is 37.9 Å². The Labute approximate surface area is 147 Å². The van der Waals surface area contributed by atoms with Crippen molar-refractivity contribution in [1.82, 2.24) is 10.2 Å². The average molecular weight is 356 g/mol. The molecule has 0 radical (unpaired) electrons. The molecule has 0 bridgehead atoms. The van der Waals surface area contributed by atoms with Gasteiger partial charge in [-0.1, -0.05) is 18.6 Å². The molecule has 1 fully saturated rings. The van der Waals surface area contributed by atoms with Crippen LogP contribution in [0.3, 0.4) is 0 Å². The Kier molecular flexibility index (Phi) is 7.32. The number of nitrogens with one attached hydrogen (secondary N) is 1. The molecule has 1 aromatic carbocycles. The van der Waals surface area contributed by atoms with Gasteiger partial charge in [0.25, 0.3) is 0 Å². The fourth-order valence-electron chi connectivity index (χ4n) is 3.35. The number of allylic oxidation sites excluding steroid dienone is 1. The molecular formula is C19H27F3N2O. The predicted octanol–water partition coefficient (Wildman–Crippen LogP) is 4.41. The van der Waals surface area contributed by atoms with Crippen molar-refractivity contribution in [3.8, 4) is 5.75 Å². The number of benzene rings is 1. The van der Waals surface area contributed by atoms with Crippen molar-refractivity contribution < 1.29 is 17.9 Å². The standard InChI is InChI=1S/C19H27F3N2O/c1-3-4-5-6-7-18(24-12-10-23-11-13-24)16-9-8-15(25-2)14-17(16)19(20,21)22/h3,8-9,14,18,23H,1,4-7,10-13H2,2H3/t18-/m0/s1. The Hall–Kier alpha value is -1.53. The van der Waals surface area contributed by atoms with E-state index in [9.17, 15) is 13.2 Å². The van der Waals surface area contributed by atoms with E-state index >= 15 is 0 Å². The smallest absolute Gasteiger partial charge is 0.416 e. The van der Waals surface area contributed by atoms with E-state index in [4.69, 9.17) is 4.74 Å². The zero-order valence-corrected chi connectivity index (χ0v) is 14.7. The van der Waals surface area contributed by atoms with Crippen LogP contribution in [0.5, 0.6) is 5.75 Å². The molecule has 2 rings (SSSR count). The number of unbranched alkanes of at least 4 members (excludes halogenated alkanes) is 2. The SMILES string of the molecule is C=CCCCC[C@@H](c1ccc(OC)cc1C(F)(F)F)N1CCNCC1. The first-order valence-electron chi connectivity index (χ1n) is 8.78. The van der Waals surface area contributed by atoms with Gasteiger partial charge in [0.2, 0.25) is 0 Å². The summed E-state index contributed by atoms with van der Waals surface area (Å²) in [5, 5.41) is 3.26. The van der Waals surface area contributed by atoms with Gasteiger partial charge < -0.3 is 10.1 Å². The van der Waals surface area contributed by atoms with E-state index < -0.39 is 11.7 Å². The van der Waals surface area contributed by atoms with E-state index in [1.54, 1.807) is 12.1 Å². The first-order chi connectivity index (χ1) is 12.0. The first-order valence-corrected chi connectivity index (χ1v) is 8.78. The van der Waals surface area contributed by atoms with E-state index in [0.29, 0.717) is 12.0 Å². The largest absolute Gasteiger partial charge is 0.497 e. The van der Waals surface area contributed by atoms with Crippen molar-refractivity contribution >= 4 is 0 Å². The highest BCUT2D eigenvalue weighted by Gasteiger charge is 2.37. The van der Waals surface area contributed by atoms with Gasteiger partial charge in [-0.05, 0) is 37.0 Å². The van der Waals surface area contributed by atoms with Crippen LogP contribution in [0.2, 0.25) is 0 Å². The number of halogens is 3. The van der Waals surface area contributed by atoms with Crippen molar-refractivity contribution in [3.63, 3.8) is 0 Å². The predicted molar refractivity (Wildman–Crippen MR) is 93.8 cm³/mol. The lowest BCUT2D eigenvalue weighted by Gasteiger charge is -2.36. The molecule has 3 nitrogen and oxygen atoms in total. The van der Waals surface area contributed by atoms with Crippen LogP contribution < -0.4 is 10.1 Å². The second-order valence-electron chi connectivity index (χ2n) is 6.33. The van der Waals surface area contributed by atoms with Gasteiger partial charge in [0, 0.05) is 32.2 Å². The third-order valence-corrected chi connectivity index (χ3v) is 4.65. The summed E-state index contributed by atoms with van der Waals surface area (Å²) in [6.45, 7) is 6.84. The van der Waals surface area contributed by atoms with E-state index in [2.05, 4.69) is 16.8 Å². The third-order valence-electron chi connectivity index (χ3n) is 4.65. The lowest BCUT2D eigenvalue weighted by molar-refractivity contribution is -0.139. The molecule has 1 aliphatic rings. The fourth-order valence-corrected chi connectivity index (χ4v) is 3.35. The zero-order chi connectivity index (χ0) is 18.3. The first kappa shape index (κ1) is 19.8. The summed E-state index contributed by atoms with van der Waals surface area (Å²) in [4.78, 5) is 2.17. The maximum absolute atomic E-state index is 13.6. The molecule has 1 aromatic rings. The lowest BCUT2D eigenvalue weighted by atomic mass is 9.93. The molecule has 0 amide bonds. The number of hydrogen-bond donors (Lipinski definition) is 1. The van der Waals surface area contributed by atoms with Crippen LogP contribution >= 0.6 is 0 Å². The number of ether oxygens (including phenoxy) is 1. The third kappa shape index (κ3) is 5.47. The number of alkyl halides is 3. The number of nitrogens with zero attached hydrogens (tertiary/aromatic N) is 1. The molecule has 1 saturated heterocycles. The molecule has 0 aromatic heterocycles. The molecule has 0 aliphatic carbocycles. The van der Waals surface area contributed by atoms with Gasteiger partial charge in [0.05, 0.1) is 12.7 Å². The molecule has 0 spiro atoms. The molecule has 1 atom stereocenters. The van der Waals surface area contributed by atoms with Crippen LogP contribution in [0, 0.1) is 0 Å². The molecule has 6 heteroatoms. The average Bonchev–Trinajstić information content (AvgIpc) is 2.61. The topological polar surface area (TPSA) is 24.5 Å². The van der Waals surface area contributed by atoms with E-state index in [-0.39, 0.29) is 11.8 Å². The van der Waals surface area contributed by atoms with E-state index in [1.807, 2.05) is 6.08 Å². The lowest BCUT2D eigenvalue weighted by Crippen LogP contribution is -2.45. The second kappa shape index (κ2) is 9.25. The minimum absolute atomic E-state index is 0.227. The van der Waals surface area contributed by atoms with Crippen LogP contribution in [0.25, 0.3) is 0 Å². The quantitative estimate of drug-likeness (QED) is 0.552. The van der Waals surface area contributed by atoms with Crippen molar-refractivity contribution in [2.75, 3.05) is 33.3 Å². The Bertz CT molecular complexity index is 554. The van der Waals surface area contributed by atoms with Crippen LogP contribution in [-0.4, -0.2) is 38.2 Å². The fraction of sp³-hybridized carbons (Fsp3) is 0.579. The van der Waals surface area contributed by atoms with Gasteiger partial charge in [0.1, 0.15) is 5.75 Å². The minimum Gasteiger partial charge on any atom is -0.497 e. The summed E-state index contributed by atoms with van der Waals surface area (Å²) in [7, 11) is 1.39. The molecule has 0 saturated carbocycles. The van der Waals surface area contributed by atoms with Crippen molar-refractivity contribution in [3.05, 3.63) is 42.0 Å². The monoisotopic (exact) mass is 356 g/mol. The highest BCUT2D eigenvalue weighted by Crippen LogP contribution is 2.40. The Morgan fingerprint density at radius 1 is 1.28 bits per heavy atom. The van der Waals surface area contributed by atoms with Gasteiger partial charge in [-0.2, -0.15) is 13.2 Å². The summed E-state index contributed by atoms with van der Waals surface area (Å²) in [5.41, 5.74) is -0.229. The number of hydrogen-bond acceptors (Lipinski definition) is 3.